The van der Waals surface area contributed by atoms with Crippen molar-refractivity contribution in [2.24, 2.45) is 5.92 Å². The van der Waals surface area contributed by atoms with Crippen molar-refractivity contribution in [1.29, 1.82) is 0 Å². The molecule has 16 heavy (non-hydrogen) atoms. The van der Waals surface area contributed by atoms with Crippen LogP contribution in [0.2, 0.25) is 0 Å². The molecule has 90 valence electrons. The SMILES string of the molecule is CCn1ncnc1CNCC1CCCC1Cl. The molecule has 0 saturated heterocycles. The van der Waals surface area contributed by atoms with Crippen LogP contribution in [0.4, 0.5) is 0 Å². The van der Waals surface area contributed by atoms with Crippen LogP contribution < -0.4 is 5.32 Å². The molecule has 1 saturated carbocycles. The van der Waals surface area contributed by atoms with Crippen LogP contribution in [0.15, 0.2) is 6.33 Å². The van der Waals surface area contributed by atoms with Crippen LogP contribution in [0.25, 0.3) is 0 Å². The van der Waals surface area contributed by atoms with Crippen LogP contribution in [0.3, 0.4) is 0 Å². The van der Waals surface area contributed by atoms with Gasteiger partial charge in [0.25, 0.3) is 0 Å². The molecule has 1 aromatic heterocycles. The minimum atomic E-state index is 0.358. The van der Waals surface area contributed by atoms with Gasteiger partial charge < -0.3 is 5.32 Å². The first-order valence-corrected chi connectivity index (χ1v) is 6.46. The summed E-state index contributed by atoms with van der Waals surface area (Å²) in [5.41, 5.74) is 0. The van der Waals surface area contributed by atoms with Gasteiger partial charge in [-0.15, -0.1) is 11.6 Å². The summed E-state index contributed by atoms with van der Waals surface area (Å²) in [6.45, 7) is 4.72. The zero-order valence-electron chi connectivity index (χ0n) is 9.69. The van der Waals surface area contributed by atoms with Crippen molar-refractivity contribution in [3.8, 4) is 0 Å². The number of hydrogen-bond donors (Lipinski definition) is 1. The lowest BCUT2D eigenvalue weighted by atomic mass is 10.1. The molecule has 0 aromatic carbocycles. The quantitative estimate of drug-likeness (QED) is 0.801. The maximum Gasteiger partial charge on any atom is 0.140 e. The average molecular weight is 243 g/mol. The highest BCUT2D eigenvalue weighted by atomic mass is 35.5. The van der Waals surface area contributed by atoms with E-state index in [-0.39, 0.29) is 0 Å². The number of halogens is 1. The van der Waals surface area contributed by atoms with Gasteiger partial charge in [-0.3, -0.25) is 0 Å². The lowest BCUT2D eigenvalue weighted by Gasteiger charge is -2.14. The maximum atomic E-state index is 6.22. The molecule has 0 spiro atoms. The third-order valence-corrected chi connectivity index (χ3v) is 3.83. The summed E-state index contributed by atoms with van der Waals surface area (Å²) < 4.78 is 1.92. The summed E-state index contributed by atoms with van der Waals surface area (Å²) in [6, 6.07) is 0. The summed E-state index contributed by atoms with van der Waals surface area (Å²) in [5.74, 6) is 1.63. The van der Waals surface area contributed by atoms with Crippen molar-refractivity contribution in [3.63, 3.8) is 0 Å². The average Bonchev–Trinajstić information content (AvgIpc) is 2.88. The third-order valence-electron chi connectivity index (χ3n) is 3.25. The number of nitrogens with one attached hydrogen (secondary N) is 1. The van der Waals surface area contributed by atoms with E-state index in [0.717, 1.165) is 25.5 Å². The fraction of sp³-hybridized carbons (Fsp3) is 0.818. The van der Waals surface area contributed by atoms with Crippen LogP contribution >= 0.6 is 11.6 Å². The van der Waals surface area contributed by atoms with Crippen molar-refractivity contribution < 1.29 is 0 Å². The lowest BCUT2D eigenvalue weighted by Crippen LogP contribution is -2.26. The molecule has 4 nitrogen and oxygen atoms in total. The summed E-state index contributed by atoms with van der Waals surface area (Å²) in [4.78, 5) is 4.23. The van der Waals surface area contributed by atoms with Crippen LogP contribution in [0.1, 0.15) is 32.0 Å². The molecule has 1 N–H and O–H groups in total. The summed E-state index contributed by atoms with van der Waals surface area (Å²) >= 11 is 6.22. The fourth-order valence-corrected chi connectivity index (χ4v) is 2.65. The number of rotatable bonds is 5. The van der Waals surface area contributed by atoms with Crippen LogP contribution in [-0.2, 0) is 13.1 Å². The Morgan fingerprint density at radius 1 is 1.56 bits per heavy atom. The van der Waals surface area contributed by atoms with Gasteiger partial charge in [0.05, 0.1) is 6.54 Å². The van der Waals surface area contributed by atoms with E-state index < -0.39 is 0 Å². The number of hydrogen-bond acceptors (Lipinski definition) is 3. The van der Waals surface area contributed by atoms with E-state index in [9.17, 15) is 0 Å². The lowest BCUT2D eigenvalue weighted by molar-refractivity contribution is 0.478. The van der Waals surface area contributed by atoms with E-state index in [1.165, 1.54) is 19.3 Å². The van der Waals surface area contributed by atoms with Crippen LogP contribution in [0.5, 0.6) is 0 Å². The molecular formula is C11H19ClN4. The van der Waals surface area contributed by atoms with E-state index in [2.05, 4.69) is 22.3 Å². The van der Waals surface area contributed by atoms with Crippen LogP contribution in [0, 0.1) is 5.92 Å². The maximum absolute atomic E-state index is 6.22. The Morgan fingerprint density at radius 3 is 3.12 bits per heavy atom. The Labute approximate surface area is 101 Å². The summed E-state index contributed by atoms with van der Waals surface area (Å²) in [5, 5.41) is 7.92. The van der Waals surface area contributed by atoms with Crippen molar-refractivity contribution in [2.75, 3.05) is 6.54 Å². The van der Waals surface area contributed by atoms with Gasteiger partial charge in [-0.2, -0.15) is 5.10 Å². The van der Waals surface area contributed by atoms with Gasteiger partial charge >= 0.3 is 0 Å². The molecule has 2 atom stereocenters. The molecular weight excluding hydrogens is 224 g/mol. The molecule has 5 heteroatoms. The summed E-state index contributed by atoms with van der Waals surface area (Å²) in [6.07, 6.45) is 5.30. The second-order valence-corrected chi connectivity index (χ2v) is 4.89. The standard InChI is InChI=1S/C11H19ClN4/c1-2-16-11(14-8-15-16)7-13-6-9-4-3-5-10(9)12/h8-10,13H,2-7H2,1H3. The fourth-order valence-electron chi connectivity index (χ4n) is 2.28. The van der Waals surface area contributed by atoms with Crippen molar-refractivity contribution in [1.82, 2.24) is 20.1 Å². The molecule has 2 unspecified atom stereocenters. The minimum absolute atomic E-state index is 0.358. The molecule has 1 aliphatic carbocycles. The molecule has 0 radical (unpaired) electrons. The van der Waals surface area contributed by atoms with E-state index in [4.69, 9.17) is 11.6 Å². The van der Waals surface area contributed by atoms with Crippen molar-refractivity contribution >= 4 is 11.6 Å². The molecule has 1 aromatic rings. The normalized spacial score (nSPS) is 25.1. The first-order valence-electron chi connectivity index (χ1n) is 6.02. The Kier molecular flexibility index (Phi) is 4.18. The number of alkyl halides is 1. The van der Waals surface area contributed by atoms with E-state index in [1.807, 2.05) is 4.68 Å². The minimum Gasteiger partial charge on any atom is -0.310 e. The third kappa shape index (κ3) is 2.74. The topological polar surface area (TPSA) is 42.7 Å². The zero-order valence-corrected chi connectivity index (χ0v) is 10.5. The zero-order chi connectivity index (χ0) is 11.4. The smallest absolute Gasteiger partial charge is 0.140 e. The highest BCUT2D eigenvalue weighted by Crippen LogP contribution is 2.29. The van der Waals surface area contributed by atoms with Gasteiger partial charge in [0, 0.05) is 11.9 Å². The molecule has 0 amide bonds. The first kappa shape index (κ1) is 11.9. The number of aromatic nitrogens is 3. The molecule has 0 bridgehead atoms. The van der Waals surface area contributed by atoms with E-state index >= 15 is 0 Å². The van der Waals surface area contributed by atoms with Gasteiger partial charge in [0.1, 0.15) is 12.2 Å². The second kappa shape index (κ2) is 5.64. The summed E-state index contributed by atoms with van der Waals surface area (Å²) in [7, 11) is 0. The number of nitrogens with zero attached hydrogens (tertiary/aromatic N) is 3. The Hall–Kier alpha value is -0.610. The molecule has 1 aliphatic rings. The first-order chi connectivity index (χ1) is 7.81. The predicted molar refractivity (Wildman–Crippen MR) is 64.4 cm³/mol. The Morgan fingerprint density at radius 2 is 2.44 bits per heavy atom. The second-order valence-electron chi connectivity index (χ2n) is 4.33. The largest absolute Gasteiger partial charge is 0.310 e. The van der Waals surface area contributed by atoms with Crippen molar-refractivity contribution in [3.05, 3.63) is 12.2 Å². The van der Waals surface area contributed by atoms with Crippen LogP contribution in [-0.4, -0.2) is 26.7 Å². The molecule has 1 fully saturated rings. The van der Waals surface area contributed by atoms with Gasteiger partial charge in [-0.1, -0.05) is 6.42 Å². The monoisotopic (exact) mass is 242 g/mol. The van der Waals surface area contributed by atoms with Gasteiger partial charge in [-0.25, -0.2) is 9.67 Å². The number of aryl methyl sites for hydroxylation is 1. The van der Waals surface area contributed by atoms with Crippen molar-refractivity contribution in [2.45, 2.75) is 44.7 Å². The molecule has 0 aliphatic heterocycles. The van der Waals surface area contributed by atoms with E-state index in [1.54, 1.807) is 6.33 Å². The van der Waals surface area contributed by atoms with Gasteiger partial charge in [0.15, 0.2) is 0 Å². The Balaban J connectivity index is 1.75. The Bertz CT molecular complexity index is 326. The highest BCUT2D eigenvalue weighted by molar-refractivity contribution is 6.20. The van der Waals surface area contributed by atoms with Gasteiger partial charge in [-0.05, 0) is 32.2 Å². The molecule has 2 rings (SSSR count). The molecule has 1 heterocycles. The van der Waals surface area contributed by atoms with Gasteiger partial charge in [0.2, 0.25) is 0 Å². The highest BCUT2D eigenvalue weighted by Gasteiger charge is 2.24. The predicted octanol–water partition coefficient (Wildman–Crippen LogP) is 1.80. The van der Waals surface area contributed by atoms with E-state index in [0.29, 0.717) is 11.3 Å².